The molecule has 1 heterocycles. The van der Waals surface area contributed by atoms with E-state index in [4.69, 9.17) is 5.73 Å². The van der Waals surface area contributed by atoms with Gasteiger partial charge in [0.05, 0.1) is 17.4 Å². The number of nitrogens with one attached hydrogen (secondary N) is 1. The van der Waals surface area contributed by atoms with Crippen molar-refractivity contribution in [2.45, 2.75) is 68.3 Å². The summed E-state index contributed by atoms with van der Waals surface area (Å²) < 4.78 is 27.6. The molecule has 8 nitrogen and oxygen atoms in total. The zero-order valence-corrected chi connectivity index (χ0v) is 21.1. The van der Waals surface area contributed by atoms with E-state index in [2.05, 4.69) is 5.32 Å². The van der Waals surface area contributed by atoms with Crippen molar-refractivity contribution in [2.24, 2.45) is 5.73 Å². The van der Waals surface area contributed by atoms with Crippen LogP contribution in [0.25, 0.3) is 0 Å². The quantitative estimate of drug-likeness (QED) is 0.607. The largest absolute Gasteiger partial charge is 0.369 e. The summed E-state index contributed by atoms with van der Waals surface area (Å²) >= 11 is 0. The first kappa shape index (κ1) is 25.2. The van der Waals surface area contributed by atoms with Crippen LogP contribution < -0.4 is 16.0 Å². The molecule has 2 atom stereocenters. The van der Waals surface area contributed by atoms with Gasteiger partial charge in [0.25, 0.3) is 0 Å². The number of para-hydroxylation sites is 1. The highest BCUT2D eigenvalue weighted by atomic mass is 32.2. The van der Waals surface area contributed by atoms with Gasteiger partial charge in [-0.15, -0.1) is 0 Å². The Bertz CT molecular complexity index is 1180. The summed E-state index contributed by atoms with van der Waals surface area (Å²) in [6, 6.07) is 13.8. The number of hydrogen-bond donors (Lipinski definition) is 2. The third kappa shape index (κ3) is 5.36. The van der Waals surface area contributed by atoms with E-state index in [0.29, 0.717) is 12.1 Å². The first-order valence-electron chi connectivity index (χ1n) is 12.2. The third-order valence-electron chi connectivity index (χ3n) is 7.29. The van der Waals surface area contributed by atoms with Gasteiger partial charge in [-0.1, -0.05) is 37.5 Å². The van der Waals surface area contributed by atoms with Crippen LogP contribution in [0.4, 0.5) is 11.4 Å². The van der Waals surface area contributed by atoms with E-state index in [0.717, 1.165) is 43.4 Å². The van der Waals surface area contributed by atoms with Crippen LogP contribution in [-0.2, 0) is 19.6 Å². The van der Waals surface area contributed by atoms with Crippen LogP contribution >= 0.6 is 0 Å². The Balaban J connectivity index is 1.43. The third-order valence-corrected chi connectivity index (χ3v) is 9.22. The molecule has 35 heavy (non-hydrogen) atoms. The molecule has 0 saturated heterocycles. The van der Waals surface area contributed by atoms with Gasteiger partial charge in [0.1, 0.15) is 0 Å². The molecule has 2 amide bonds. The second-order valence-corrected chi connectivity index (χ2v) is 11.6. The highest BCUT2D eigenvalue weighted by molar-refractivity contribution is 7.89. The van der Waals surface area contributed by atoms with Crippen molar-refractivity contribution in [3.63, 3.8) is 0 Å². The lowest BCUT2D eigenvalue weighted by Gasteiger charge is -2.39. The first-order valence-corrected chi connectivity index (χ1v) is 13.7. The molecule has 0 spiro atoms. The molecule has 9 heteroatoms. The Hall–Kier alpha value is -2.91. The fourth-order valence-corrected chi connectivity index (χ4v) is 6.68. The molecule has 1 aliphatic heterocycles. The predicted octanol–water partition coefficient (Wildman–Crippen LogP) is 3.45. The van der Waals surface area contributed by atoms with Crippen LogP contribution in [0.1, 0.15) is 56.9 Å². The topological polar surface area (TPSA) is 113 Å². The molecule has 1 saturated carbocycles. The van der Waals surface area contributed by atoms with Crippen molar-refractivity contribution in [1.82, 2.24) is 4.31 Å². The summed E-state index contributed by atoms with van der Waals surface area (Å²) in [4.78, 5) is 27.0. The summed E-state index contributed by atoms with van der Waals surface area (Å²) in [7, 11) is -1.93. The number of primary amides is 1. The lowest BCUT2D eigenvalue weighted by Crippen LogP contribution is -2.45. The van der Waals surface area contributed by atoms with Gasteiger partial charge in [0.15, 0.2) is 0 Å². The van der Waals surface area contributed by atoms with E-state index in [9.17, 15) is 18.0 Å². The maximum Gasteiger partial charge on any atom is 0.243 e. The normalized spacial score (nSPS) is 20.9. The number of anilines is 2. The smallest absolute Gasteiger partial charge is 0.243 e. The second kappa shape index (κ2) is 10.4. The number of sulfonamides is 1. The number of nitrogens with two attached hydrogens (primary N) is 1. The maximum absolute atomic E-state index is 13.1. The molecule has 0 radical (unpaired) electrons. The molecule has 4 rings (SSSR count). The zero-order valence-electron chi connectivity index (χ0n) is 20.3. The van der Waals surface area contributed by atoms with E-state index in [1.54, 1.807) is 31.3 Å². The molecule has 0 bridgehead atoms. The Labute approximate surface area is 207 Å². The Morgan fingerprint density at radius 1 is 1.06 bits per heavy atom. The van der Waals surface area contributed by atoms with Crippen LogP contribution in [0.5, 0.6) is 0 Å². The number of fused-ring (bicyclic) bond motifs is 1. The first-order chi connectivity index (χ1) is 16.7. The van der Waals surface area contributed by atoms with E-state index in [1.807, 2.05) is 36.1 Å². The summed E-state index contributed by atoms with van der Waals surface area (Å²) in [5.41, 5.74) is 7.81. The monoisotopic (exact) mass is 498 g/mol. The average molecular weight is 499 g/mol. The standard InChI is InChI=1S/C26H34N4O4S/c1-18-16-23(26(27)32)22-10-6-7-11-24(22)30(18)17-25(31)28-19-12-14-21(15-13-19)35(33,34)29(2)20-8-4-3-5-9-20/h6-7,10-15,18,20,23H,3-5,8-9,16-17H2,1-2H3,(H2,27,32)(H,28,31). The summed E-state index contributed by atoms with van der Waals surface area (Å²) in [6.07, 6.45) is 5.59. The average Bonchev–Trinajstić information content (AvgIpc) is 2.85. The van der Waals surface area contributed by atoms with Crippen molar-refractivity contribution in [3.05, 3.63) is 54.1 Å². The van der Waals surface area contributed by atoms with Crippen molar-refractivity contribution >= 4 is 33.2 Å². The lowest BCUT2D eigenvalue weighted by molar-refractivity contribution is -0.119. The molecule has 2 unspecified atom stereocenters. The van der Waals surface area contributed by atoms with Crippen molar-refractivity contribution < 1.29 is 18.0 Å². The highest BCUT2D eigenvalue weighted by Gasteiger charge is 2.34. The SMILES string of the molecule is CC1CC(C(N)=O)c2ccccc2N1CC(=O)Nc1ccc(S(=O)(=O)N(C)C2CCCCC2)cc1. The molecule has 188 valence electrons. The van der Waals surface area contributed by atoms with Crippen LogP contribution in [0.2, 0.25) is 0 Å². The highest BCUT2D eigenvalue weighted by Crippen LogP contribution is 2.38. The van der Waals surface area contributed by atoms with Gasteiger partial charge in [-0.25, -0.2) is 8.42 Å². The van der Waals surface area contributed by atoms with Gasteiger partial charge in [0.2, 0.25) is 21.8 Å². The zero-order chi connectivity index (χ0) is 25.2. The van der Waals surface area contributed by atoms with Crippen LogP contribution in [0.3, 0.4) is 0 Å². The van der Waals surface area contributed by atoms with E-state index < -0.39 is 10.0 Å². The van der Waals surface area contributed by atoms with E-state index in [-0.39, 0.29) is 41.3 Å². The predicted molar refractivity (Wildman–Crippen MR) is 137 cm³/mol. The number of nitrogens with zero attached hydrogens (tertiary/aromatic N) is 2. The van der Waals surface area contributed by atoms with Gasteiger partial charge in [-0.2, -0.15) is 4.31 Å². The number of rotatable bonds is 7. The molecule has 1 fully saturated rings. The summed E-state index contributed by atoms with van der Waals surface area (Å²) in [5, 5.41) is 2.87. The van der Waals surface area contributed by atoms with Crippen molar-refractivity contribution in [2.75, 3.05) is 23.8 Å². The van der Waals surface area contributed by atoms with Gasteiger partial charge in [-0.05, 0) is 62.1 Å². The Morgan fingerprint density at radius 2 is 1.71 bits per heavy atom. The number of hydrogen-bond acceptors (Lipinski definition) is 5. The minimum atomic E-state index is -3.58. The Kier molecular flexibility index (Phi) is 7.47. The summed E-state index contributed by atoms with van der Waals surface area (Å²) in [6.45, 7) is 2.08. The second-order valence-electron chi connectivity index (χ2n) is 9.61. The molecular weight excluding hydrogens is 464 g/mol. The molecule has 2 aromatic carbocycles. The van der Waals surface area contributed by atoms with Crippen molar-refractivity contribution in [3.8, 4) is 0 Å². The Morgan fingerprint density at radius 3 is 2.37 bits per heavy atom. The number of carbonyl (C=O) groups is 2. The maximum atomic E-state index is 13.1. The van der Waals surface area contributed by atoms with E-state index in [1.165, 1.54) is 4.31 Å². The van der Waals surface area contributed by atoms with Gasteiger partial charge < -0.3 is 16.0 Å². The fraction of sp³-hybridized carbons (Fsp3) is 0.462. The number of carbonyl (C=O) groups excluding carboxylic acids is 2. The number of benzene rings is 2. The lowest BCUT2D eigenvalue weighted by atomic mass is 9.85. The van der Waals surface area contributed by atoms with Gasteiger partial charge >= 0.3 is 0 Å². The summed E-state index contributed by atoms with van der Waals surface area (Å²) in [5.74, 6) is -0.960. The fourth-order valence-electron chi connectivity index (χ4n) is 5.26. The molecule has 3 N–H and O–H groups in total. The van der Waals surface area contributed by atoms with Crippen LogP contribution in [0.15, 0.2) is 53.4 Å². The number of amides is 2. The molecule has 0 aromatic heterocycles. The minimum Gasteiger partial charge on any atom is -0.369 e. The molecule has 2 aromatic rings. The molecule has 1 aliphatic carbocycles. The van der Waals surface area contributed by atoms with Crippen LogP contribution in [-0.4, -0.2) is 50.2 Å². The minimum absolute atomic E-state index is 0.0386. The van der Waals surface area contributed by atoms with Crippen molar-refractivity contribution in [1.29, 1.82) is 0 Å². The van der Waals surface area contributed by atoms with E-state index >= 15 is 0 Å². The van der Waals surface area contributed by atoms with Crippen LogP contribution in [0, 0.1) is 0 Å². The molecular formula is C26H34N4O4S. The molecule has 2 aliphatic rings. The van der Waals surface area contributed by atoms with Gasteiger partial charge in [0, 0.05) is 30.5 Å². The van der Waals surface area contributed by atoms with Gasteiger partial charge in [-0.3, -0.25) is 9.59 Å².